The standard InChI is InChI=1S/C16H18ClN3/c17-11-4-5-13-10(6-11)8-14-15(13)20-16(19-14)9-2-1-3-12(18)7-9/h4-6,9,12H,1-3,7-8,18H2,(H,19,20). The number of nitrogens with one attached hydrogen (secondary N) is 1. The molecule has 0 saturated heterocycles. The Morgan fingerprint density at radius 3 is 3.05 bits per heavy atom. The van der Waals surface area contributed by atoms with Gasteiger partial charge in [-0.3, -0.25) is 0 Å². The van der Waals surface area contributed by atoms with Crippen molar-refractivity contribution in [3.05, 3.63) is 40.3 Å². The highest BCUT2D eigenvalue weighted by Crippen LogP contribution is 2.39. The number of aromatic amines is 1. The highest BCUT2D eigenvalue weighted by molar-refractivity contribution is 6.30. The normalized spacial score (nSPS) is 24.5. The van der Waals surface area contributed by atoms with Gasteiger partial charge in [0.15, 0.2) is 0 Å². The van der Waals surface area contributed by atoms with Crippen molar-refractivity contribution in [2.45, 2.75) is 44.1 Å². The average Bonchev–Trinajstić information content (AvgIpc) is 2.95. The first-order chi connectivity index (χ1) is 9.70. The number of rotatable bonds is 1. The average molecular weight is 288 g/mol. The number of aromatic nitrogens is 2. The van der Waals surface area contributed by atoms with Gasteiger partial charge in [-0.2, -0.15) is 0 Å². The zero-order chi connectivity index (χ0) is 13.7. The second kappa shape index (κ2) is 4.61. The molecule has 2 aliphatic carbocycles. The predicted molar refractivity (Wildman–Crippen MR) is 81.0 cm³/mol. The summed E-state index contributed by atoms with van der Waals surface area (Å²) in [7, 11) is 0. The maximum Gasteiger partial charge on any atom is 0.110 e. The Kier molecular flexibility index (Phi) is 2.86. The summed E-state index contributed by atoms with van der Waals surface area (Å²) in [5.74, 6) is 1.63. The van der Waals surface area contributed by atoms with Crippen molar-refractivity contribution in [2.75, 3.05) is 0 Å². The molecule has 3 N–H and O–H groups in total. The monoisotopic (exact) mass is 287 g/mol. The second-order valence-corrected chi connectivity index (χ2v) is 6.49. The summed E-state index contributed by atoms with van der Waals surface area (Å²) < 4.78 is 0. The molecular weight excluding hydrogens is 270 g/mol. The summed E-state index contributed by atoms with van der Waals surface area (Å²) in [5.41, 5.74) is 10.9. The van der Waals surface area contributed by atoms with Crippen LogP contribution in [0.1, 0.15) is 48.7 Å². The third kappa shape index (κ3) is 1.97. The van der Waals surface area contributed by atoms with Crippen molar-refractivity contribution >= 4 is 11.6 Å². The number of imidazole rings is 1. The molecule has 1 fully saturated rings. The Hall–Kier alpha value is -1.32. The number of nitrogens with zero attached hydrogens (tertiary/aromatic N) is 1. The van der Waals surface area contributed by atoms with Crippen LogP contribution in [-0.4, -0.2) is 16.0 Å². The van der Waals surface area contributed by atoms with Gasteiger partial charge in [0.05, 0.1) is 5.69 Å². The van der Waals surface area contributed by atoms with E-state index in [1.54, 1.807) is 0 Å². The van der Waals surface area contributed by atoms with Gasteiger partial charge in [0.1, 0.15) is 5.82 Å². The van der Waals surface area contributed by atoms with Crippen molar-refractivity contribution < 1.29 is 0 Å². The van der Waals surface area contributed by atoms with Gasteiger partial charge in [0.2, 0.25) is 0 Å². The minimum absolute atomic E-state index is 0.333. The molecule has 0 bridgehead atoms. The van der Waals surface area contributed by atoms with Gasteiger partial charge >= 0.3 is 0 Å². The Balaban J connectivity index is 1.68. The number of hydrogen-bond acceptors (Lipinski definition) is 2. The van der Waals surface area contributed by atoms with E-state index in [1.165, 1.54) is 29.7 Å². The van der Waals surface area contributed by atoms with Gasteiger partial charge in [-0.15, -0.1) is 0 Å². The van der Waals surface area contributed by atoms with Crippen LogP contribution in [0.3, 0.4) is 0 Å². The molecule has 2 atom stereocenters. The van der Waals surface area contributed by atoms with Gasteiger partial charge in [-0.25, -0.2) is 4.98 Å². The van der Waals surface area contributed by atoms with Gasteiger partial charge in [0.25, 0.3) is 0 Å². The molecule has 3 nitrogen and oxygen atoms in total. The summed E-state index contributed by atoms with van der Waals surface area (Å²) in [6.45, 7) is 0. The lowest BCUT2D eigenvalue weighted by Gasteiger charge is -2.25. The molecule has 0 radical (unpaired) electrons. The molecule has 2 aliphatic rings. The highest BCUT2D eigenvalue weighted by Gasteiger charge is 2.28. The second-order valence-electron chi connectivity index (χ2n) is 6.05. The fraction of sp³-hybridized carbons (Fsp3) is 0.438. The molecule has 2 aromatic rings. The van der Waals surface area contributed by atoms with Crippen LogP contribution < -0.4 is 5.73 Å². The number of halogens is 1. The van der Waals surface area contributed by atoms with Crippen LogP contribution in [0.5, 0.6) is 0 Å². The third-order valence-corrected chi connectivity index (χ3v) is 4.82. The molecule has 1 aromatic carbocycles. The lowest BCUT2D eigenvalue weighted by molar-refractivity contribution is 0.383. The SMILES string of the molecule is NC1CCCC(c2nc3c([nH]2)Cc2cc(Cl)ccc2-3)C1. The fourth-order valence-corrected chi connectivity index (χ4v) is 3.77. The van der Waals surface area contributed by atoms with E-state index in [-0.39, 0.29) is 0 Å². The van der Waals surface area contributed by atoms with Crippen LogP contribution in [0, 0.1) is 0 Å². The number of benzene rings is 1. The molecule has 1 heterocycles. The topological polar surface area (TPSA) is 54.7 Å². The number of nitrogens with two attached hydrogens (primary N) is 1. The van der Waals surface area contributed by atoms with Crippen LogP contribution in [0.25, 0.3) is 11.3 Å². The highest BCUT2D eigenvalue weighted by atomic mass is 35.5. The maximum atomic E-state index is 6.09. The molecule has 0 amide bonds. The van der Waals surface area contributed by atoms with Gasteiger partial charge in [0, 0.05) is 34.7 Å². The van der Waals surface area contributed by atoms with E-state index in [0.717, 1.165) is 35.8 Å². The molecule has 4 heteroatoms. The number of fused-ring (bicyclic) bond motifs is 3. The zero-order valence-corrected chi connectivity index (χ0v) is 12.1. The van der Waals surface area contributed by atoms with Gasteiger partial charge in [-0.1, -0.05) is 24.1 Å². The molecule has 1 saturated carbocycles. The zero-order valence-electron chi connectivity index (χ0n) is 11.3. The van der Waals surface area contributed by atoms with E-state index < -0.39 is 0 Å². The molecule has 4 rings (SSSR count). The van der Waals surface area contributed by atoms with Crippen LogP contribution in [0.4, 0.5) is 0 Å². The molecule has 20 heavy (non-hydrogen) atoms. The summed E-state index contributed by atoms with van der Waals surface area (Å²) in [4.78, 5) is 8.41. The van der Waals surface area contributed by atoms with Crippen LogP contribution >= 0.6 is 11.6 Å². The fourth-order valence-electron chi connectivity index (χ4n) is 3.58. The molecule has 2 unspecified atom stereocenters. The third-order valence-electron chi connectivity index (χ3n) is 4.59. The molecular formula is C16H18ClN3. The molecule has 0 aliphatic heterocycles. The maximum absolute atomic E-state index is 6.09. The number of hydrogen-bond donors (Lipinski definition) is 2. The Morgan fingerprint density at radius 2 is 2.20 bits per heavy atom. The van der Waals surface area contributed by atoms with Crippen molar-refractivity contribution in [1.29, 1.82) is 0 Å². The Labute approximate surface area is 123 Å². The Bertz CT molecular complexity index is 662. The van der Waals surface area contributed by atoms with E-state index in [1.807, 2.05) is 12.1 Å². The molecule has 104 valence electrons. The van der Waals surface area contributed by atoms with Gasteiger partial charge in [-0.05, 0) is 37.0 Å². The van der Waals surface area contributed by atoms with E-state index >= 15 is 0 Å². The molecule has 1 aromatic heterocycles. The minimum Gasteiger partial charge on any atom is -0.345 e. The summed E-state index contributed by atoms with van der Waals surface area (Å²) in [6.07, 6.45) is 5.53. The summed E-state index contributed by atoms with van der Waals surface area (Å²) in [5, 5.41) is 0.799. The number of H-pyrrole nitrogens is 1. The van der Waals surface area contributed by atoms with Crippen molar-refractivity contribution in [2.24, 2.45) is 5.73 Å². The summed E-state index contributed by atoms with van der Waals surface area (Å²) in [6, 6.07) is 6.41. The van der Waals surface area contributed by atoms with E-state index in [9.17, 15) is 0 Å². The first kappa shape index (κ1) is 12.4. The minimum atomic E-state index is 0.333. The van der Waals surface area contributed by atoms with Crippen molar-refractivity contribution in [3.8, 4) is 11.3 Å². The van der Waals surface area contributed by atoms with Crippen LogP contribution in [-0.2, 0) is 6.42 Å². The van der Waals surface area contributed by atoms with Crippen molar-refractivity contribution in [1.82, 2.24) is 9.97 Å². The smallest absolute Gasteiger partial charge is 0.110 e. The molecule has 0 spiro atoms. The van der Waals surface area contributed by atoms with Crippen molar-refractivity contribution in [3.63, 3.8) is 0 Å². The first-order valence-corrected chi connectivity index (χ1v) is 7.71. The van der Waals surface area contributed by atoms with E-state index in [2.05, 4.69) is 11.1 Å². The quantitative estimate of drug-likeness (QED) is 0.718. The van der Waals surface area contributed by atoms with E-state index in [0.29, 0.717) is 12.0 Å². The van der Waals surface area contributed by atoms with Crippen LogP contribution in [0.2, 0.25) is 5.02 Å². The Morgan fingerprint density at radius 1 is 1.30 bits per heavy atom. The predicted octanol–water partition coefficient (Wildman–Crippen LogP) is 3.62. The first-order valence-electron chi connectivity index (χ1n) is 7.34. The van der Waals surface area contributed by atoms with E-state index in [4.69, 9.17) is 22.3 Å². The van der Waals surface area contributed by atoms with Crippen LogP contribution in [0.15, 0.2) is 18.2 Å². The summed E-state index contributed by atoms with van der Waals surface area (Å²) >= 11 is 6.06. The lowest BCUT2D eigenvalue weighted by atomic mass is 9.86. The lowest BCUT2D eigenvalue weighted by Crippen LogP contribution is -2.27. The van der Waals surface area contributed by atoms with Gasteiger partial charge < -0.3 is 10.7 Å². The largest absolute Gasteiger partial charge is 0.345 e.